The number of anilines is 1. The number of nitrogens with zero attached hydrogens (tertiary/aromatic N) is 4. The Morgan fingerprint density at radius 3 is 2.49 bits per heavy atom. The molecule has 0 radical (unpaired) electrons. The predicted molar refractivity (Wildman–Crippen MR) is 180 cm³/mol. The molecule has 4 unspecified atom stereocenters. The molecular weight excluding hydrogens is 560 g/mol. The van der Waals surface area contributed by atoms with Crippen LogP contribution >= 0.6 is 0 Å². The number of carbonyl (C=O) groups is 2. The number of aromatic amines is 1. The molecule has 1 aromatic carbocycles. The van der Waals surface area contributed by atoms with E-state index < -0.39 is 11.6 Å². The number of aromatic nitrogens is 3. The van der Waals surface area contributed by atoms with E-state index in [2.05, 4.69) is 66.7 Å². The summed E-state index contributed by atoms with van der Waals surface area (Å²) >= 11 is 0. The highest BCUT2D eigenvalue weighted by Gasteiger charge is 2.44. The summed E-state index contributed by atoms with van der Waals surface area (Å²) in [5.41, 5.74) is 2.26. The van der Waals surface area contributed by atoms with E-state index in [4.69, 9.17) is 0 Å². The van der Waals surface area contributed by atoms with Crippen molar-refractivity contribution in [3.63, 3.8) is 0 Å². The lowest BCUT2D eigenvalue weighted by Gasteiger charge is -2.49. The van der Waals surface area contributed by atoms with Gasteiger partial charge < -0.3 is 10.3 Å². The SMILES string of the molecule is CC(C)CC1(NC(=O)C(c2cccnc2)N(C(=O)c2c[nH]cn2)c2ccc(C(C)(C)C)cc2)CCCN(C2CCCCC2C)C1. The summed E-state index contributed by atoms with van der Waals surface area (Å²) in [5.74, 6) is 0.525. The number of carbonyl (C=O) groups excluding carboxylic acids is 2. The van der Waals surface area contributed by atoms with E-state index in [0.717, 1.165) is 37.9 Å². The summed E-state index contributed by atoms with van der Waals surface area (Å²) in [6.45, 7) is 15.3. The summed E-state index contributed by atoms with van der Waals surface area (Å²) in [6, 6.07) is 11.3. The fraction of sp³-hybridized carbons (Fsp3) is 0.568. The van der Waals surface area contributed by atoms with Crippen molar-refractivity contribution in [2.45, 2.75) is 110 Å². The summed E-state index contributed by atoms with van der Waals surface area (Å²) in [7, 11) is 0. The highest BCUT2D eigenvalue weighted by molar-refractivity contribution is 6.09. The Hall–Kier alpha value is -3.52. The maximum atomic E-state index is 14.9. The van der Waals surface area contributed by atoms with Crippen LogP contribution in [-0.2, 0) is 10.2 Å². The van der Waals surface area contributed by atoms with Crippen molar-refractivity contribution >= 4 is 17.5 Å². The van der Waals surface area contributed by atoms with E-state index in [1.54, 1.807) is 23.5 Å². The van der Waals surface area contributed by atoms with Crippen molar-refractivity contribution < 1.29 is 9.59 Å². The summed E-state index contributed by atoms with van der Waals surface area (Å²) in [5, 5.41) is 3.60. The van der Waals surface area contributed by atoms with Gasteiger partial charge in [-0.05, 0) is 79.7 Å². The molecule has 1 saturated heterocycles. The van der Waals surface area contributed by atoms with Gasteiger partial charge >= 0.3 is 0 Å². The fourth-order valence-corrected chi connectivity index (χ4v) is 7.68. The second kappa shape index (κ2) is 13.9. The molecule has 0 spiro atoms. The number of H-pyrrole nitrogens is 1. The molecule has 2 N–H and O–H groups in total. The molecule has 3 aromatic rings. The highest BCUT2D eigenvalue weighted by atomic mass is 16.2. The van der Waals surface area contributed by atoms with Crippen LogP contribution in [0.3, 0.4) is 0 Å². The van der Waals surface area contributed by atoms with Crippen LogP contribution in [0.4, 0.5) is 5.69 Å². The molecule has 3 heterocycles. The quantitative estimate of drug-likeness (QED) is 0.270. The van der Waals surface area contributed by atoms with Gasteiger partial charge in [-0.1, -0.05) is 72.6 Å². The smallest absolute Gasteiger partial charge is 0.279 e. The van der Waals surface area contributed by atoms with Crippen LogP contribution in [0.15, 0.2) is 61.3 Å². The zero-order valence-corrected chi connectivity index (χ0v) is 28.1. The summed E-state index contributed by atoms with van der Waals surface area (Å²) < 4.78 is 0. The van der Waals surface area contributed by atoms with Gasteiger partial charge in [-0.25, -0.2) is 4.98 Å². The van der Waals surface area contributed by atoms with Crippen LogP contribution in [0.2, 0.25) is 0 Å². The molecule has 1 aliphatic heterocycles. The van der Waals surface area contributed by atoms with Gasteiger partial charge in [0.25, 0.3) is 5.91 Å². The van der Waals surface area contributed by atoms with Crippen LogP contribution in [0, 0.1) is 11.8 Å². The van der Waals surface area contributed by atoms with Crippen LogP contribution in [0.1, 0.15) is 114 Å². The minimum atomic E-state index is -0.934. The molecule has 2 aliphatic rings. The van der Waals surface area contributed by atoms with E-state index in [9.17, 15) is 9.59 Å². The van der Waals surface area contributed by atoms with Crippen molar-refractivity contribution in [2.24, 2.45) is 11.8 Å². The topological polar surface area (TPSA) is 94.2 Å². The number of piperidine rings is 1. The first-order valence-electron chi connectivity index (χ1n) is 16.9. The van der Waals surface area contributed by atoms with E-state index in [0.29, 0.717) is 29.1 Å². The van der Waals surface area contributed by atoms with E-state index >= 15 is 0 Å². The number of hydrogen-bond donors (Lipinski definition) is 2. The number of nitrogens with one attached hydrogen (secondary N) is 2. The molecule has 1 aliphatic carbocycles. The van der Waals surface area contributed by atoms with Crippen LogP contribution in [0.25, 0.3) is 0 Å². The largest absolute Gasteiger partial charge is 0.350 e. The van der Waals surface area contributed by atoms with Crippen molar-refractivity contribution in [3.8, 4) is 0 Å². The van der Waals surface area contributed by atoms with Crippen molar-refractivity contribution in [2.75, 3.05) is 18.0 Å². The monoisotopic (exact) mass is 612 g/mol. The Balaban J connectivity index is 1.55. The van der Waals surface area contributed by atoms with Gasteiger partial charge in [0.2, 0.25) is 5.91 Å². The third-order valence-corrected chi connectivity index (χ3v) is 9.78. The molecular formula is C37H52N6O2. The van der Waals surface area contributed by atoms with Crippen LogP contribution in [0.5, 0.6) is 0 Å². The number of likely N-dealkylation sites (tertiary alicyclic amines) is 1. The summed E-state index contributed by atoms with van der Waals surface area (Å²) in [6.07, 6.45) is 14.4. The molecule has 2 aromatic heterocycles. The van der Waals surface area contributed by atoms with Gasteiger partial charge in [0.05, 0.1) is 11.9 Å². The number of rotatable bonds is 9. The van der Waals surface area contributed by atoms with Crippen LogP contribution in [-0.4, -0.2) is 56.3 Å². The second-order valence-corrected chi connectivity index (χ2v) is 14.9. The predicted octanol–water partition coefficient (Wildman–Crippen LogP) is 7.07. The number of amides is 2. The molecule has 0 bridgehead atoms. The molecule has 1 saturated carbocycles. The lowest BCUT2D eigenvalue weighted by molar-refractivity contribution is -0.126. The van der Waals surface area contributed by atoms with Gasteiger partial charge in [0.15, 0.2) is 0 Å². The normalized spacial score (nSPS) is 23.4. The Bertz CT molecular complexity index is 1400. The molecule has 45 heavy (non-hydrogen) atoms. The Morgan fingerprint density at radius 1 is 1.11 bits per heavy atom. The van der Waals surface area contributed by atoms with E-state index in [1.807, 2.05) is 36.4 Å². The number of imidazole rings is 1. The fourth-order valence-electron chi connectivity index (χ4n) is 7.68. The van der Waals surface area contributed by atoms with Crippen molar-refractivity contribution in [3.05, 3.63) is 78.1 Å². The standard InChI is InChI=1S/C37H52N6O2/c1-26(2)21-37(18-10-20-42(24-37)32-13-8-7-11-27(32)3)41-34(44)33(28-12-9-19-38-22-28)43(35(45)31-23-39-25-40-31)30-16-14-29(15-17-30)36(4,5)6/h9,12,14-17,19,22-23,25-27,32-33H,7-8,10-11,13,18,20-21,24H2,1-6H3,(H,39,40)(H,41,44). The summed E-state index contributed by atoms with van der Waals surface area (Å²) in [4.78, 5) is 45.0. The molecule has 8 nitrogen and oxygen atoms in total. The average Bonchev–Trinajstić information content (AvgIpc) is 3.55. The average molecular weight is 613 g/mol. The lowest BCUT2D eigenvalue weighted by atomic mass is 9.78. The Kier molecular flexibility index (Phi) is 10.1. The molecule has 8 heteroatoms. The lowest BCUT2D eigenvalue weighted by Crippen LogP contribution is -2.63. The Morgan fingerprint density at radius 2 is 1.87 bits per heavy atom. The number of hydrogen-bond acceptors (Lipinski definition) is 5. The molecule has 2 fully saturated rings. The maximum Gasteiger partial charge on any atom is 0.279 e. The van der Waals surface area contributed by atoms with Gasteiger partial charge in [-0.2, -0.15) is 0 Å². The second-order valence-electron chi connectivity index (χ2n) is 14.9. The molecule has 2 amide bonds. The first-order chi connectivity index (χ1) is 21.5. The van der Waals surface area contributed by atoms with Gasteiger partial charge in [0, 0.05) is 42.4 Å². The first kappa shape index (κ1) is 32.9. The Labute approximate surface area is 269 Å². The molecule has 242 valence electrons. The molecule has 4 atom stereocenters. The minimum absolute atomic E-state index is 0.0540. The maximum absolute atomic E-state index is 14.9. The van der Waals surface area contributed by atoms with E-state index in [1.165, 1.54) is 32.0 Å². The first-order valence-corrected chi connectivity index (χ1v) is 16.9. The van der Waals surface area contributed by atoms with Crippen molar-refractivity contribution in [1.29, 1.82) is 0 Å². The zero-order valence-electron chi connectivity index (χ0n) is 28.1. The number of pyridine rings is 1. The highest BCUT2D eigenvalue weighted by Crippen LogP contribution is 2.37. The zero-order chi connectivity index (χ0) is 32.2. The van der Waals surface area contributed by atoms with Gasteiger partial charge in [-0.15, -0.1) is 0 Å². The minimum Gasteiger partial charge on any atom is -0.350 e. The molecule has 5 rings (SSSR count). The van der Waals surface area contributed by atoms with E-state index in [-0.39, 0.29) is 22.9 Å². The van der Waals surface area contributed by atoms with Crippen LogP contribution < -0.4 is 10.2 Å². The van der Waals surface area contributed by atoms with Gasteiger partial charge in [0.1, 0.15) is 11.7 Å². The third kappa shape index (κ3) is 7.66. The van der Waals surface area contributed by atoms with Gasteiger partial charge in [-0.3, -0.25) is 24.4 Å². The number of benzene rings is 1. The third-order valence-electron chi connectivity index (χ3n) is 9.78. The van der Waals surface area contributed by atoms with Crippen molar-refractivity contribution in [1.82, 2.24) is 25.2 Å².